The predicted molar refractivity (Wildman–Crippen MR) is 103 cm³/mol. The van der Waals surface area contributed by atoms with E-state index >= 15 is 0 Å². The minimum atomic E-state index is -0.104. The van der Waals surface area contributed by atoms with E-state index in [1.165, 1.54) is 0 Å². The zero-order valence-electron chi connectivity index (χ0n) is 15.1. The zero-order valence-corrected chi connectivity index (χ0v) is 15.1. The number of aryl methyl sites for hydroxylation is 1. The largest absolute Gasteiger partial charge is 0.350 e. The molecule has 1 aromatic heterocycles. The minimum Gasteiger partial charge on any atom is -0.350 e. The lowest BCUT2D eigenvalue weighted by Gasteiger charge is -2.16. The molecule has 5 nitrogen and oxygen atoms in total. The van der Waals surface area contributed by atoms with E-state index in [1.54, 1.807) is 11.0 Å². The molecule has 0 unspecified atom stereocenters. The standard InChI is InChI=1S/C21H21N3O2/c1-13(2)20(25)22-16-6-4-15-12-24(21(26)18(15)10-16)17-7-5-14-8-9-23(3)19(14)11-17/h4-11,13H,12H2,1-3H3,(H,22,25). The second kappa shape index (κ2) is 6.02. The minimum absolute atomic E-state index is 0.0331. The molecule has 132 valence electrons. The zero-order chi connectivity index (χ0) is 18.4. The van der Waals surface area contributed by atoms with Crippen LogP contribution in [-0.4, -0.2) is 16.4 Å². The smallest absolute Gasteiger partial charge is 0.259 e. The number of amides is 2. The van der Waals surface area contributed by atoms with Crippen LogP contribution in [0.2, 0.25) is 0 Å². The number of anilines is 2. The predicted octanol–water partition coefficient (Wildman–Crippen LogP) is 3.93. The van der Waals surface area contributed by atoms with E-state index < -0.39 is 0 Å². The molecule has 2 amide bonds. The highest BCUT2D eigenvalue weighted by Crippen LogP contribution is 2.32. The second-order valence-corrected chi connectivity index (χ2v) is 7.08. The Balaban J connectivity index is 1.64. The first-order valence-electron chi connectivity index (χ1n) is 8.75. The number of carbonyl (C=O) groups excluding carboxylic acids is 2. The number of nitrogens with one attached hydrogen (secondary N) is 1. The van der Waals surface area contributed by atoms with Gasteiger partial charge in [0.05, 0.1) is 6.54 Å². The van der Waals surface area contributed by atoms with E-state index in [1.807, 2.05) is 62.0 Å². The summed E-state index contributed by atoms with van der Waals surface area (Å²) < 4.78 is 2.05. The first kappa shape index (κ1) is 16.4. The van der Waals surface area contributed by atoms with Gasteiger partial charge in [0.15, 0.2) is 0 Å². The van der Waals surface area contributed by atoms with E-state index in [2.05, 4.69) is 11.4 Å². The van der Waals surface area contributed by atoms with E-state index in [0.717, 1.165) is 22.2 Å². The van der Waals surface area contributed by atoms with Crippen LogP contribution in [-0.2, 0) is 18.4 Å². The summed E-state index contributed by atoms with van der Waals surface area (Å²) in [6.45, 7) is 4.23. The summed E-state index contributed by atoms with van der Waals surface area (Å²) >= 11 is 0. The Morgan fingerprint density at radius 3 is 2.69 bits per heavy atom. The quantitative estimate of drug-likeness (QED) is 0.780. The maximum atomic E-state index is 12.9. The van der Waals surface area contributed by atoms with Gasteiger partial charge in [-0.15, -0.1) is 0 Å². The molecule has 4 rings (SSSR count). The molecule has 0 saturated carbocycles. The Hall–Kier alpha value is -3.08. The number of carbonyl (C=O) groups is 2. The molecular weight excluding hydrogens is 326 g/mol. The molecule has 0 bridgehead atoms. The third-order valence-corrected chi connectivity index (χ3v) is 4.89. The lowest BCUT2D eigenvalue weighted by Crippen LogP contribution is -2.23. The Bertz CT molecular complexity index is 1030. The summed E-state index contributed by atoms with van der Waals surface area (Å²) in [5.74, 6) is -0.192. The number of hydrogen-bond donors (Lipinski definition) is 1. The van der Waals surface area contributed by atoms with Gasteiger partial charge in [0.1, 0.15) is 0 Å². The first-order valence-corrected chi connectivity index (χ1v) is 8.75. The molecule has 0 atom stereocenters. The molecule has 1 aliphatic rings. The lowest BCUT2D eigenvalue weighted by molar-refractivity contribution is -0.118. The van der Waals surface area contributed by atoms with Crippen LogP contribution >= 0.6 is 0 Å². The summed E-state index contributed by atoms with van der Waals surface area (Å²) in [6.07, 6.45) is 2.01. The van der Waals surface area contributed by atoms with Gasteiger partial charge in [-0.1, -0.05) is 26.0 Å². The fourth-order valence-electron chi connectivity index (χ4n) is 3.29. The lowest BCUT2D eigenvalue weighted by atomic mass is 10.1. The van der Waals surface area contributed by atoms with Gasteiger partial charge < -0.3 is 14.8 Å². The van der Waals surface area contributed by atoms with E-state index in [9.17, 15) is 9.59 Å². The van der Waals surface area contributed by atoms with E-state index in [0.29, 0.717) is 17.8 Å². The molecule has 2 aromatic carbocycles. The Morgan fingerprint density at radius 1 is 1.12 bits per heavy atom. The molecule has 1 aliphatic heterocycles. The maximum absolute atomic E-state index is 12.9. The van der Waals surface area contributed by atoms with Crippen molar-refractivity contribution in [3.63, 3.8) is 0 Å². The van der Waals surface area contributed by atoms with Crippen LogP contribution in [0.25, 0.3) is 10.9 Å². The third-order valence-electron chi connectivity index (χ3n) is 4.89. The van der Waals surface area contributed by atoms with Crippen molar-refractivity contribution in [2.45, 2.75) is 20.4 Å². The number of fused-ring (bicyclic) bond motifs is 2. The highest BCUT2D eigenvalue weighted by atomic mass is 16.2. The van der Waals surface area contributed by atoms with E-state index in [4.69, 9.17) is 0 Å². The number of nitrogens with zero attached hydrogens (tertiary/aromatic N) is 2. The number of benzene rings is 2. The molecule has 0 fully saturated rings. The molecule has 26 heavy (non-hydrogen) atoms. The van der Waals surface area contributed by atoms with Crippen molar-refractivity contribution < 1.29 is 9.59 Å². The summed E-state index contributed by atoms with van der Waals surface area (Å²) in [6, 6.07) is 13.7. The van der Waals surface area contributed by atoms with Gasteiger partial charge in [0.25, 0.3) is 5.91 Å². The fourth-order valence-corrected chi connectivity index (χ4v) is 3.29. The SMILES string of the molecule is CC(C)C(=O)Nc1ccc2c(c1)C(=O)N(c1ccc3ccn(C)c3c1)C2. The van der Waals surface area contributed by atoms with Crippen LogP contribution in [0.5, 0.6) is 0 Å². The average Bonchev–Trinajstić information content (AvgIpc) is 3.15. The summed E-state index contributed by atoms with van der Waals surface area (Å²) in [7, 11) is 2.00. The van der Waals surface area contributed by atoms with E-state index in [-0.39, 0.29) is 17.7 Å². The van der Waals surface area contributed by atoms with Crippen LogP contribution in [0.1, 0.15) is 29.8 Å². The monoisotopic (exact) mass is 347 g/mol. The Kier molecular flexibility index (Phi) is 3.80. The molecule has 0 aliphatic carbocycles. The van der Waals surface area contributed by atoms with Crippen LogP contribution in [0.4, 0.5) is 11.4 Å². The third kappa shape index (κ3) is 2.65. The fraction of sp³-hybridized carbons (Fsp3) is 0.238. The van der Waals surface area contributed by atoms with Crippen LogP contribution in [0.3, 0.4) is 0 Å². The van der Waals surface area contributed by atoms with Gasteiger partial charge in [0.2, 0.25) is 5.91 Å². The second-order valence-electron chi connectivity index (χ2n) is 7.08. The van der Waals surface area contributed by atoms with Gasteiger partial charge in [-0.3, -0.25) is 9.59 Å². The highest BCUT2D eigenvalue weighted by molar-refractivity contribution is 6.11. The number of hydrogen-bond acceptors (Lipinski definition) is 2. The van der Waals surface area contributed by atoms with Crippen molar-refractivity contribution in [2.24, 2.45) is 13.0 Å². The summed E-state index contributed by atoms with van der Waals surface area (Å²) in [4.78, 5) is 26.6. The van der Waals surface area contributed by atoms with Crippen molar-refractivity contribution >= 4 is 34.1 Å². The molecule has 0 spiro atoms. The highest BCUT2D eigenvalue weighted by Gasteiger charge is 2.29. The molecule has 0 radical (unpaired) electrons. The van der Waals surface area contributed by atoms with Crippen LogP contribution < -0.4 is 10.2 Å². The molecule has 0 saturated heterocycles. The van der Waals surface area contributed by atoms with Gasteiger partial charge in [-0.25, -0.2) is 0 Å². The first-order chi connectivity index (χ1) is 12.4. The average molecular weight is 347 g/mol. The Morgan fingerprint density at radius 2 is 1.92 bits per heavy atom. The van der Waals surface area contributed by atoms with Crippen LogP contribution in [0, 0.1) is 5.92 Å². The van der Waals surface area contributed by atoms with Crippen molar-refractivity contribution in [3.05, 3.63) is 59.8 Å². The van der Waals surface area contributed by atoms with Crippen molar-refractivity contribution in [2.75, 3.05) is 10.2 Å². The van der Waals surface area contributed by atoms with Crippen LogP contribution in [0.15, 0.2) is 48.7 Å². The topological polar surface area (TPSA) is 54.3 Å². The Labute approximate surface area is 152 Å². The van der Waals surface area contributed by atoms with Crippen molar-refractivity contribution in [1.29, 1.82) is 0 Å². The van der Waals surface area contributed by atoms with Crippen molar-refractivity contribution in [3.8, 4) is 0 Å². The van der Waals surface area contributed by atoms with Gasteiger partial charge in [-0.05, 0) is 41.3 Å². The molecular formula is C21H21N3O2. The molecule has 2 heterocycles. The normalized spacial score (nSPS) is 13.5. The van der Waals surface area contributed by atoms with Gasteiger partial charge in [-0.2, -0.15) is 0 Å². The summed E-state index contributed by atoms with van der Waals surface area (Å²) in [5.41, 5.74) is 4.27. The summed E-state index contributed by atoms with van der Waals surface area (Å²) in [5, 5.41) is 4.01. The number of aromatic nitrogens is 1. The molecule has 3 aromatic rings. The van der Waals surface area contributed by atoms with Crippen molar-refractivity contribution in [1.82, 2.24) is 4.57 Å². The maximum Gasteiger partial charge on any atom is 0.259 e. The molecule has 1 N–H and O–H groups in total. The van der Waals surface area contributed by atoms with Gasteiger partial charge >= 0.3 is 0 Å². The molecule has 5 heteroatoms. The number of rotatable bonds is 3. The van der Waals surface area contributed by atoms with Gasteiger partial charge in [0, 0.05) is 41.6 Å².